The molecule has 0 saturated carbocycles. The molecule has 1 amide bonds. The van der Waals surface area contributed by atoms with Crippen LogP contribution < -0.4 is 5.32 Å². The van der Waals surface area contributed by atoms with Gasteiger partial charge in [0.05, 0.1) is 5.56 Å². The van der Waals surface area contributed by atoms with Crippen molar-refractivity contribution < 1.29 is 4.79 Å². The Morgan fingerprint density at radius 2 is 1.88 bits per heavy atom. The number of benzene rings is 1. The quantitative estimate of drug-likeness (QED) is 0.722. The summed E-state index contributed by atoms with van der Waals surface area (Å²) in [6, 6.07) is 14.2. The molecular weight excluding hydrogens is 318 g/mol. The molecule has 0 radical (unpaired) electrons. The van der Waals surface area contributed by atoms with Crippen LogP contribution in [0.15, 0.2) is 48.7 Å². The maximum atomic E-state index is 12.4. The predicted molar refractivity (Wildman–Crippen MR) is 101 cm³/mol. The number of rotatable bonds is 8. The first-order valence-electron chi connectivity index (χ1n) is 8.39. The molecule has 0 bridgehead atoms. The number of amides is 1. The molecule has 0 aliphatic heterocycles. The molecule has 2 N–H and O–H groups in total. The van der Waals surface area contributed by atoms with E-state index in [1.54, 1.807) is 18.3 Å². The third-order valence-electron chi connectivity index (χ3n) is 4.20. The Labute approximate surface area is 148 Å². The van der Waals surface area contributed by atoms with Gasteiger partial charge in [-0.2, -0.15) is 0 Å². The molecule has 0 fully saturated rings. The zero-order valence-corrected chi connectivity index (χ0v) is 15.1. The molecule has 0 saturated heterocycles. The molecular formula is C19H25N3OS. The van der Waals surface area contributed by atoms with Crippen LogP contribution in [0.2, 0.25) is 0 Å². The van der Waals surface area contributed by atoms with Crippen molar-refractivity contribution in [3.63, 3.8) is 0 Å². The number of carbonyl (C=O) groups is 1. The fourth-order valence-electron chi connectivity index (χ4n) is 2.86. The lowest BCUT2D eigenvalue weighted by atomic mass is 10.0. The van der Waals surface area contributed by atoms with Crippen molar-refractivity contribution in [2.45, 2.75) is 26.3 Å². The van der Waals surface area contributed by atoms with Gasteiger partial charge in [0.2, 0.25) is 0 Å². The number of hydrogen-bond donors (Lipinski definition) is 2. The molecule has 128 valence electrons. The third-order valence-corrected chi connectivity index (χ3v) is 4.54. The molecule has 1 aromatic heterocycles. The average Bonchev–Trinajstić information content (AvgIpc) is 2.61. The van der Waals surface area contributed by atoms with Gasteiger partial charge in [-0.3, -0.25) is 9.69 Å². The molecule has 1 heterocycles. The Kier molecular flexibility index (Phi) is 7.15. The van der Waals surface area contributed by atoms with Crippen molar-refractivity contribution in [3.05, 3.63) is 64.4 Å². The van der Waals surface area contributed by atoms with E-state index < -0.39 is 0 Å². The summed E-state index contributed by atoms with van der Waals surface area (Å²) in [6.07, 6.45) is 2.64. The topological polar surface area (TPSA) is 48.1 Å². The van der Waals surface area contributed by atoms with E-state index in [4.69, 9.17) is 12.2 Å². The third kappa shape index (κ3) is 5.01. The Morgan fingerprint density at radius 1 is 1.17 bits per heavy atom. The summed E-state index contributed by atoms with van der Waals surface area (Å²) in [5.41, 5.74) is 1.80. The molecule has 0 aliphatic carbocycles. The summed E-state index contributed by atoms with van der Waals surface area (Å²) < 4.78 is 0.470. The van der Waals surface area contributed by atoms with Gasteiger partial charge in [-0.15, -0.1) is 0 Å². The Balaban J connectivity index is 2.06. The van der Waals surface area contributed by atoms with Gasteiger partial charge in [-0.05, 0) is 37.2 Å². The minimum Gasteiger partial charge on any atom is -0.352 e. The van der Waals surface area contributed by atoms with E-state index in [9.17, 15) is 4.79 Å². The first-order chi connectivity index (χ1) is 11.7. The van der Waals surface area contributed by atoms with E-state index in [2.05, 4.69) is 53.3 Å². The highest BCUT2D eigenvalue weighted by molar-refractivity contribution is 7.71. The lowest BCUT2D eigenvalue weighted by Gasteiger charge is -2.30. The smallest absolute Gasteiger partial charge is 0.254 e. The van der Waals surface area contributed by atoms with Gasteiger partial charge in [0.15, 0.2) is 0 Å². The Morgan fingerprint density at radius 3 is 2.50 bits per heavy atom. The second kappa shape index (κ2) is 9.35. The number of hydrogen-bond acceptors (Lipinski definition) is 3. The van der Waals surface area contributed by atoms with Gasteiger partial charge in [0.1, 0.15) is 4.64 Å². The van der Waals surface area contributed by atoms with Crippen LogP contribution >= 0.6 is 12.2 Å². The van der Waals surface area contributed by atoms with E-state index in [0.29, 0.717) is 16.7 Å². The largest absolute Gasteiger partial charge is 0.352 e. The average molecular weight is 343 g/mol. The van der Waals surface area contributed by atoms with E-state index in [1.165, 1.54) is 5.56 Å². The second-order valence-electron chi connectivity index (χ2n) is 5.69. The maximum absolute atomic E-state index is 12.4. The van der Waals surface area contributed by atoms with E-state index in [1.807, 2.05) is 6.07 Å². The zero-order valence-electron chi connectivity index (χ0n) is 14.3. The summed E-state index contributed by atoms with van der Waals surface area (Å²) in [4.78, 5) is 17.7. The van der Waals surface area contributed by atoms with Crippen LogP contribution in [-0.4, -0.2) is 41.5 Å². The SMILES string of the molecule is CCN(CC)[C@H](CNC(=O)c1ccc[nH]c1=S)Cc1ccccc1. The molecule has 24 heavy (non-hydrogen) atoms. The highest BCUT2D eigenvalue weighted by Gasteiger charge is 2.18. The molecule has 1 atom stereocenters. The number of pyridine rings is 1. The van der Waals surface area contributed by atoms with Crippen LogP contribution in [0.5, 0.6) is 0 Å². The fourth-order valence-corrected chi connectivity index (χ4v) is 3.09. The normalized spacial score (nSPS) is 12.1. The van der Waals surface area contributed by atoms with Crippen LogP contribution in [0.1, 0.15) is 29.8 Å². The molecule has 2 rings (SSSR count). The van der Waals surface area contributed by atoms with Crippen molar-refractivity contribution in [1.29, 1.82) is 0 Å². The van der Waals surface area contributed by atoms with Gasteiger partial charge in [-0.25, -0.2) is 0 Å². The fraction of sp³-hybridized carbons (Fsp3) is 0.368. The van der Waals surface area contributed by atoms with E-state index in [-0.39, 0.29) is 11.9 Å². The molecule has 2 aromatic rings. The lowest BCUT2D eigenvalue weighted by Crippen LogP contribution is -2.45. The number of aromatic amines is 1. The zero-order chi connectivity index (χ0) is 17.4. The summed E-state index contributed by atoms with van der Waals surface area (Å²) >= 11 is 5.18. The number of H-pyrrole nitrogens is 1. The van der Waals surface area contributed by atoms with Crippen LogP contribution in [0.3, 0.4) is 0 Å². The maximum Gasteiger partial charge on any atom is 0.254 e. The minimum atomic E-state index is -0.123. The summed E-state index contributed by atoms with van der Waals surface area (Å²) in [5.74, 6) is -0.123. The van der Waals surface area contributed by atoms with Gasteiger partial charge in [0, 0.05) is 18.8 Å². The molecule has 0 unspecified atom stereocenters. The van der Waals surface area contributed by atoms with Gasteiger partial charge < -0.3 is 10.3 Å². The second-order valence-corrected chi connectivity index (χ2v) is 6.10. The number of likely N-dealkylation sites (N-methyl/N-ethyl adjacent to an activating group) is 1. The standard InChI is InChI=1S/C19H25N3OS/c1-3-22(4-2)16(13-15-9-6-5-7-10-15)14-21-18(23)17-11-8-12-20-19(17)24/h5-12,16H,3-4,13-14H2,1-2H3,(H,20,24)(H,21,23)/t16-/m0/s1. The van der Waals surface area contributed by atoms with Gasteiger partial charge in [-0.1, -0.05) is 56.4 Å². The van der Waals surface area contributed by atoms with Crippen LogP contribution in [0.4, 0.5) is 0 Å². The van der Waals surface area contributed by atoms with Crippen molar-refractivity contribution in [2.24, 2.45) is 0 Å². The van der Waals surface area contributed by atoms with E-state index in [0.717, 1.165) is 19.5 Å². The van der Waals surface area contributed by atoms with Gasteiger partial charge >= 0.3 is 0 Å². The Bertz CT molecular complexity index is 695. The number of nitrogens with one attached hydrogen (secondary N) is 2. The first kappa shape index (κ1) is 18.4. The summed E-state index contributed by atoms with van der Waals surface area (Å²) in [6.45, 7) is 6.80. The summed E-state index contributed by atoms with van der Waals surface area (Å²) in [5, 5.41) is 3.04. The monoisotopic (exact) mass is 343 g/mol. The van der Waals surface area contributed by atoms with Crippen molar-refractivity contribution in [2.75, 3.05) is 19.6 Å². The van der Waals surface area contributed by atoms with Crippen molar-refractivity contribution >= 4 is 18.1 Å². The molecule has 4 nitrogen and oxygen atoms in total. The highest BCUT2D eigenvalue weighted by Crippen LogP contribution is 2.09. The van der Waals surface area contributed by atoms with Crippen LogP contribution in [0.25, 0.3) is 0 Å². The minimum absolute atomic E-state index is 0.123. The van der Waals surface area contributed by atoms with Crippen molar-refractivity contribution in [1.82, 2.24) is 15.2 Å². The first-order valence-corrected chi connectivity index (χ1v) is 8.80. The van der Waals surface area contributed by atoms with E-state index >= 15 is 0 Å². The lowest BCUT2D eigenvalue weighted by molar-refractivity contribution is 0.0934. The molecule has 0 aliphatic rings. The van der Waals surface area contributed by atoms with Crippen molar-refractivity contribution in [3.8, 4) is 0 Å². The summed E-state index contributed by atoms with van der Waals surface area (Å²) in [7, 11) is 0. The van der Waals surface area contributed by atoms with Crippen LogP contribution in [-0.2, 0) is 6.42 Å². The number of carbonyl (C=O) groups excluding carboxylic acids is 1. The molecule has 0 spiro atoms. The molecule has 5 heteroatoms. The van der Waals surface area contributed by atoms with Gasteiger partial charge in [0.25, 0.3) is 5.91 Å². The number of aromatic nitrogens is 1. The number of nitrogens with zero attached hydrogens (tertiary/aromatic N) is 1. The Hall–Kier alpha value is -1.98. The predicted octanol–water partition coefficient (Wildman–Crippen LogP) is 3.43. The molecule has 1 aromatic carbocycles. The highest BCUT2D eigenvalue weighted by atomic mass is 32.1. The van der Waals surface area contributed by atoms with Crippen LogP contribution in [0, 0.1) is 4.64 Å².